The standard InChI is InChI=1S/C23H37N3O5/c1-17(26(30)16-27)19(13-9-12-18-10-7-6-8-11-18)21(28)25-20(23(2,3)4)22(29)24-14-15-31-5/h6-8,10-11,16-17,19-20,30H,9,12-15H2,1-5H3,(H,24,29)(H,25,28)/t17-,19?,20?/m0/s1. The predicted molar refractivity (Wildman–Crippen MR) is 118 cm³/mol. The molecule has 0 spiro atoms. The molecule has 1 rings (SSSR count). The van der Waals surface area contributed by atoms with Gasteiger partial charge in [0.05, 0.1) is 18.6 Å². The van der Waals surface area contributed by atoms with Gasteiger partial charge in [-0.1, -0.05) is 51.1 Å². The number of amides is 3. The topological polar surface area (TPSA) is 108 Å². The van der Waals surface area contributed by atoms with E-state index in [4.69, 9.17) is 4.74 Å². The molecule has 0 bridgehead atoms. The maximum atomic E-state index is 13.2. The first-order valence-electron chi connectivity index (χ1n) is 10.6. The SMILES string of the molecule is COCCNC(=O)C(NC(=O)C(CCCc1ccccc1)[C@H](C)N(O)C=O)C(C)(C)C. The summed E-state index contributed by atoms with van der Waals surface area (Å²) in [4.78, 5) is 36.9. The predicted octanol–water partition coefficient (Wildman–Crippen LogP) is 2.16. The smallest absolute Gasteiger partial charge is 0.243 e. The molecule has 3 amide bonds. The van der Waals surface area contributed by atoms with E-state index in [0.717, 1.165) is 12.0 Å². The van der Waals surface area contributed by atoms with Gasteiger partial charge in [-0.05, 0) is 37.2 Å². The van der Waals surface area contributed by atoms with E-state index < -0.39 is 23.4 Å². The lowest BCUT2D eigenvalue weighted by atomic mass is 9.84. The number of hydroxylamine groups is 2. The van der Waals surface area contributed by atoms with Gasteiger partial charge in [0.1, 0.15) is 6.04 Å². The molecule has 8 nitrogen and oxygen atoms in total. The van der Waals surface area contributed by atoms with Crippen molar-refractivity contribution in [3.05, 3.63) is 35.9 Å². The van der Waals surface area contributed by atoms with E-state index in [1.807, 2.05) is 51.1 Å². The van der Waals surface area contributed by atoms with E-state index in [0.29, 0.717) is 37.5 Å². The minimum absolute atomic E-state index is 0.293. The number of hydrogen-bond donors (Lipinski definition) is 3. The van der Waals surface area contributed by atoms with Gasteiger partial charge in [0.25, 0.3) is 0 Å². The third kappa shape index (κ3) is 9.06. The Morgan fingerprint density at radius 1 is 1.19 bits per heavy atom. The van der Waals surface area contributed by atoms with Crippen LogP contribution in [0.25, 0.3) is 0 Å². The fraction of sp³-hybridized carbons (Fsp3) is 0.609. The summed E-state index contributed by atoms with van der Waals surface area (Å²) in [6, 6.07) is 8.39. The number of aryl methyl sites for hydroxylation is 1. The Morgan fingerprint density at radius 3 is 2.39 bits per heavy atom. The Labute approximate surface area is 185 Å². The van der Waals surface area contributed by atoms with Gasteiger partial charge in [-0.3, -0.25) is 19.6 Å². The number of hydrogen-bond acceptors (Lipinski definition) is 5. The summed E-state index contributed by atoms with van der Waals surface area (Å²) in [5.74, 6) is -1.34. The zero-order valence-corrected chi connectivity index (χ0v) is 19.3. The molecule has 0 saturated carbocycles. The van der Waals surface area contributed by atoms with Gasteiger partial charge in [-0.25, -0.2) is 5.06 Å². The van der Waals surface area contributed by atoms with Crippen LogP contribution in [-0.2, 0) is 25.5 Å². The molecule has 0 fully saturated rings. The average Bonchev–Trinajstić information content (AvgIpc) is 2.73. The molecule has 31 heavy (non-hydrogen) atoms. The average molecular weight is 436 g/mol. The first kappa shape index (κ1) is 26.6. The minimum Gasteiger partial charge on any atom is -0.383 e. The summed E-state index contributed by atoms with van der Waals surface area (Å²) in [5, 5.41) is 16.0. The van der Waals surface area contributed by atoms with Crippen LogP contribution < -0.4 is 10.6 Å². The summed E-state index contributed by atoms with van der Waals surface area (Å²) in [6.07, 6.45) is 2.21. The largest absolute Gasteiger partial charge is 0.383 e. The minimum atomic E-state index is -0.774. The van der Waals surface area contributed by atoms with Crippen molar-refractivity contribution >= 4 is 18.2 Å². The quantitative estimate of drug-likeness (QED) is 0.190. The number of ether oxygens (including phenoxy) is 1. The van der Waals surface area contributed by atoms with Gasteiger partial charge in [0, 0.05) is 13.7 Å². The number of carbonyl (C=O) groups is 3. The number of nitrogens with one attached hydrogen (secondary N) is 2. The molecule has 1 aromatic rings. The first-order chi connectivity index (χ1) is 14.6. The van der Waals surface area contributed by atoms with E-state index in [-0.39, 0.29) is 11.8 Å². The van der Waals surface area contributed by atoms with Gasteiger partial charge in [-0.2, -0.15) is 0 Å². The van der Waals surface area contributed by atoms with Crippen LogP contribution in [0.5, 0.6) is 0 Å². The van der Waals surface area contributed by atoms with E-state index in [9.17, 15) is 19.6 Å². The van der Waals surface area contributed by atoms with Crippen molar-refractivity contribution in [2.24, 2.45) is 11.3 Å². The van der Waals surface area contributed by atoms with Crippen LogP contribution in [0.3, 0.4) is 0 Å². The van der Waals surface area contributed by atoms with Crippen molar-refractivity contribution in [1.29, 1.82) is 0 Å². The number of nitrogens with zero attached hydrogens (tertiary/aromatic N) is 1. The molecule has 0 aliphatic carbocycles. The Morgan fingerprint density at radius 2 is 1.84 bits per heavy atom. The molecule has 0 aromatic heterocycles. The van der Waals surface area contributed by atoms with E-state index in [2.05, 4.69) is 10.6 Å². The number of carbonyl (C=O) groups excluding carboxylic acids is 3. The van der Waals surface area contributed by atoms with Crippen LogP contribution in [0.2, 0.25) is 0 Å². The molecule has 0 saturated heterocycles. The highest BCUT2D eigenvalue weighted by Crippen LogP contribution is 2.23. The molecule has 8 heteroatoms. The third-order valence-corrected chi connectivity index (χ3v) is 5.29. The number of benzene rings is 1. The van der Waals surface area contributed by atoms with Crippen molar-refractivity contribution in [1.82, 2.24) is 15.7 Å². The molecule has 174 valence electrons. The maximum Gasteiger partial charge on any atom is 0.243 e. The highest BCUT2D eigenvalue weighted by molar-refractivity contribution is 5.89. The fourth-order valence-electron chi connectivity index (χ4n) is 3.35. The molecule has 0 heterocycles. The second kappa shape index (κ2) is 13.1. The molecular formula is C23H37N3O5. The van der Waals surface area contributed by atoms with Crippen LogP contribution in [-0.4, -0.2) is 60.8 Å². The zero-order valence-electron chi connectivity index (χ0n) is 19.3. The third-order valence-electron chi connectivity index (χ3n) is 5.29. The molecule has 0 aliphatic rings. The monoisotopic (exact) mass is 435 g/mol. The molecule has 1 aromatic carbocycles. The van der Waals surface area contributed by atoms with Crippen molar-refractivity contribution in [3.63, 3.8) is 0 Å². The zero-order chi connectivity index (χ0) is 23.4. The maximum absolute atomic E-state index is 13.2. The molecule has 0 aliphatic heterocycles. The summed E-state index contributed by atoms with van der Waals surface area (Å²) in [7, 11) is 1.55. The molecule has 0 radical (unpaired) electrons. The van der Waals surface area contributed by atoms with E-state index >= 15 is 0 Å². The number of rotatable bonds is 13. The van der Waals surface area contributed by atoms with Crippen LogP contribution in [0.4, 0.5) is 0 Å². The van der Waals surface area contributed by atoms with Crippen molar-refractivity contribution in [2.75, 3.05) is 20.3 Å². The van der Waals surface area contributed by atoms with E-state index in [1.54, 1.807) is 14.0 Å². The fourth-order valence-corrected chi connectivity index (χ4v) is 3.35. The van der Waals surface area contributed by atoms with Crippen molar-refractivity contribution in [3.8, 4) is 0 Å². The summed E-state index contributed by atoms with van der Waals surface area (Å²) in [6.45, 7) is 7.92. The van der Waals surface area contributed by atoms with Gasteiger partial charge in [-0.15, -0.1) is 0 Å². The highest BCUT2D eigenvalue weighted by atomic mass is 16.5. The van der Waals surface area contributed by atoms with Crippen molar-refractivity contribution in [2.45, 2.75) is 59.0 Å². The Kier molecular flexibility index (Phi) is 11.2. The van der Waals surface area contributed by atoms with Gasteiger partial charge >= 0.3 is 0 Å². The normalized spacial score (nSPS) is 14.3. The van der Waals surface area contributed by atoms with Crippen LogP contribution in [0.1, 0.15) is 46.1 Å². The summed E-state index contributed by atoms with van der Waals surface area (Å²) in [5.41, 5.74) is 0.615. The molecule has 3 N–H and O–H groups in total. The lowest BCUT2D eigenvalue weighted by molar-refractivity contribution is -0.166. The highest BCUT2D eigenvalue weighted by Gasteiger charge is 2.36. The Balaban J connectivity index is 2.91. The lowest BCUT2D eigenvalue weighted by Gasteiger charge is -2.33. The molecule has 3 atom stereocenters. The van der Waals surface area contributed by atoms with Crippen LogP contribution in [0, 0.1) is 11.3 Å². The van der Waals surface area contributed by atoms with Crippen LogP contribution >= 0.6 is 0 Å². The van der Waals surface area contributed by atoms with E-state index in [1.165, 1.54) is 0 Å². The van der Waals surface area contributed by atoms with Gasteiger partial charge in [0.2, 0.25) is 18.2 Å². The Hall–Kier alpha value is -2.45. The second-order valence-corrected chi connectivity index (χ2v) is 8.80. The lowest BCUT2D eigenvalue weighted by Crippen LogP contribution is -2.56. The van der Waals surface area contributed by atoms with Crippen LogP contribution in [0.15, 0.2) is 30.3 Å². The second-order valence-electron chi connectivity index (χ2n) is 8.80. The molecular weight excluding hydrogens is 398 g/mol. The summed E-state index contributed by atoms with van der Waals surface area (Å²) >= 11 is 0. The first-order valence-corrected chi connectivity index (χ1v) is 10.6. The van der Waals surface area contributed by atoms with Gasteiger partial charge in [0.15, 0.2) is 0 Å². The Bertz CT molecular complexity index is 690. The number of methoxy groups -OCH3 is 1. The molecule has 2 unspecified atom stereocenters. The van der Waals surface area contributed by atoms with Gasteiger partial charge < -0.3 is 15.4 Å². The summed E-state index contributed by atoms with van der Waals surface area (Å²) < 4.78 is 4.96. The van der Waals surface area contributed by atoms with Crippen molar-refractivity contribution < 1.29 is 24.3 Å².